The van der Waals surface area contributed by atoms with Crippen LogP contribution in [0.3, 0.4) is 0 Å². The van der Waals surface area contributed by atoms with Gasteiger partial charge in [0.1, 0.15) is 6.04 Å². The highest BCUT2D eigenvalue weighted by Crippen LogP contribution is 2.26. The predicted octanol–water partition coefficient (Wildman–Crippen LogP) is 1.89. The molecule has 0 saturated heterocycles. The molecular weight excluding hydrogens is 212 g/mol. The van der Waals surface area contributed by atoms with Gasteiger partial charge in [0.2, 0.25) is 5.91 Å². The Hall–Kier alpha value is -1.35. The first-order valence-corrected chi connectivity index (χ1v) is 6.46. The Morgan fingerprint density at radius 2 is 2.00 bits per heavy atom. The number of rotatable bonds is 2. The van der Waals surface area contributed by atoms with Crippen molar-refractivity contribution >= 4 is 5.91 Å². The fourth-order valence-electron chi connectivity index (χ4n) is 2.89. The van der Waals surface area contributed by atoms with E-state index in [0.717, 1.165) is 24.9 Å². The molecule has 3 rings (SSSR count). The molecule has 1 unspecified atom stereocenters. The highest BCUT2D eigenvalue weighted by Gasteiger charge is 2.29. The maximum absolute atomic E-state index is 12.2. The molecule has 1 atom stereocenters. The summed E-state index contributed by atoms with van der Waals surface area (Å²) in [5.74, 6) is 0.141. The summed E-state index contributed by atoms with van der Waals surface area (Å²) in [7, 11) is 0. The van der Waals surface area contributed by atoms with E-state index in [4.69, 9.17) is 0 Å². The zero-order valence-corrected chi connectivity index (χ0v) is 9.91. The van der Waals surface area contributed by atoms with E-state index in [-0.39, 0.29) is 11.9 Å². The second kappa shape index (κ2) is 4.49. The molecule has 3 heteroatoms. The molecule has 2 N–H and O–H groups in total. The van der Waals surface area contributed by atoms with Gasteiger partial charge in [-0.3, -0.25) is 10.1 Å². The van der Waals surface area contributed by atoms with Crippen LogP contribution >= 0.6 is 0 Å². The monoisotopic (exact) mass is 230 g/mol. The normalized spacial score (nSPS) is 23.6. The number of carbonyl (C=O) groups is 1. The molecule has 0 aromatic heterocycles. The molecule has 1 aromatic rings. The maximum atomic E-state index is 12.2. The second-order valence-corrected chi connectivity index (χ2v) is 5.00. The first-order chi connectivity index (χ1) is 8.34. The van der Waals surface area contributed by atoms with Gasteiger partial charge >= 0.3 is 0 Å². The highest BCUT2D eigenvalue weighted by atomic mass is 16.2. The molecule has 3 nitrogen and oxygen atoms in total. The van der Waals surface area contributed by atoms with Gasteiger partial charge in [0.25, 0.3) is 0 Å². The average Bonchev–Trinajstić information content (AvgIpc) is 2.96. The lowest BCUT2D eigenvalue weighted by atomic mass is 10.0. The van der Waals surface area contributed by atoms with E-state index in [9.17, 15) is 4.79 Å². The van der Waals surface area contributed by atoms with Crippen molar-refractivity contribution < 1.29 is 4.79 Å². The molecule has 1 heterocycles. The first kappa shape index (κ1) is 10.8. The third-order valence-corrected chi connectivity index (χ3v) is 3.83. The first-order valence-electron chi connectivity index (χ1n) is 6.46. The lowest BCUT2D eigenvalue weighted by Crippen LogP contribution is -2.39. The summed E-state index contributed by atoms with van der Waals surface area (Å²) in [4.78, 5) is 12.2. The zero-order chi connectivity index (χ0) is 11.7. The van der Waals surface area contributed by atoms with Crippen molar-refractivity contribution in [3.63, 3.8) is 0 Å². The number of benzene rings is 1. The third kappa shape index (κ3) is 2.07. The van der Waals surface area contributed by atoms with E-state index >= 15 is 0 Å². The van der Waals surface area contributed by atoms with Crippen LogP contribution in [0.2, 0.25) is 0 Å². The van der Waals surface area contributed by atoms with Gasteiger partial charge in [0, 0.05) is 12.6 Å². The number of fused-ring (bicyclic) bond motifs is 1. The van der Waals surface area contributed by atoms with Gasteiger partial charge in [-0.15, -0.1) is 0 Å². The minimum atomic E-state index is -0.146. The summed E-state index contributed by atoms with van der Waals surface area (Å²) in [6, 6.07) is 8.42. The minimum Gasteiger partial charge on any atom is -0.352 e. The second-order valence-electron chi connectivity index (χ2n) is 5.00. The van der Waals surface area contributed by atoms with E-state index in [2.05, 4.69) is 16.7 Å². The molecule has 1 aliphatic heterocycles. The Balaban J connectivity index is 1.71. The number of amides is 1. The van der Waals surface area contributed by atoms with Crippen LogP contribution in [-0.2, 0) is 11.3 Å². The van der Waals surface area contributed by atoms with Gasteiger partial charge in [-0.25, -0.2) is 0 Å². The molecule has 1 aliphatic carbocycles. The molecule has 1 amide bonds. The van der Waals surface area contributed by atoms with Gasteiger partial charge in [-0.1, -0.05) is 37.1 Å². The van der Waals surface area contributed by atoms with E-state index in [1.807, 2.05) is 18.2 Å². The molecule has 2 aliphatic rings. The third-order valence-electron chi connectivity index (χ3n) is 3.83. The number of nitrogens with one attached hydrogen (secondary N) is 2. The standard InChI is InChI=1S/C14H18N2O/c17-14(16-11-6-2-3-7-11)13-12-8-4-1-5-10(12)9-15-13/h1,4-5,8,11,13,15H,2-3,6-7,9H2,(H,16,17). The molecular formula is C14H18N2O. The van der Waals surface area contributed by atoms with Crippen molar-refractivity contribution in [2.75, 3.05) is 0 Å². The average molecular weight is 230 g/mol. The summed E-state index contributed by atoms with van der Waals surface area (Å²) >= 11 is 0. The van der Waals surface area contributed by atoms with Crippen LogP contribution in [0, 0.1) is 0 Å². The summed E-state index contributed by atoms with van der Waals surface area (Å²) in [6.45, 7) is 0.804. The summed E-state index contributed by atoms with van der Waals surface area (Å²) in [5, 5.41) is 6.44. The number of hydrogen-bond acceptors (Lipinski definition) is 2. The van der Waals surface area contributed by atoms with Gasteiger partial charge in [-0.05, 0) is 24.0 Å². The van der Waals surface area contributed by atoms with Crippen LogP contribution in [0.5, 0.6) is 0 Å². The Bertz CT molecular complexity index is 424. The number of hydrogen-bond donors (Lipinski definition) is 2. The molecule has 0 radical (unpaired) electrons. The molecule has 1 aromatic carbocycles. The van der Waals surface area contributed by atoms with Crippen LogP contribution in [-0.4, -0.2) is 11.9 Å². The van der Waals surface area contributed by atoms with Crippen LogP contribution in [0.4, 0.5) is 0 Å². The smallest absolute Gasteiger partial charge is 0.241 e. The Kier molecular flexibility index (Phi) is 2.85. The van der Waals surface area contributed by atoms with Crippen molar-refractivity contribution in [2.45, 2.75) is 44.3 Å². The van der Waals surface area contributed by atoms with Crippen molar-refractivity contribution in [3.05, 3.63) is 35.4 Å². The zero-order valence-electron chi connectivity index (χ0n) is 9.91. The van der Waals surface area contributed by atoms with Gasteiger partial charge in [0.15, 0.2) is 0 Å². The summed E-state index contributed by atoms with van der Waals surface area (Å²) < 4.78 is 0. The largest absolute Gasteiger partial charge is 0.352 e. The lowest BCUT2D eigenvalue weighted by molar-refractivity contribution is -0.123. The number of carbonyl (C=O) groups excluding carboxylic acids is 1. The van der Waals surface area contributed by atoms with Crippen LogP contribution < -0.4 is 10.6 Å². The quantitative estimate of drug-likeness (QED) is 0.814. The van der Waals surface area contributed by atoms with Crippen molar-refractivity contribution in [1.82, 2.24) is 10.6 Å². The van der Waals surface area contributed by atoms with Crippen molar-refractivity contribution in [2.24, 2.45) is 0 Å². The molecule has 1 saturated carbocycles. The maximum Gasteiger partial charge on any atom is 0.241 e. The Morgan fingerprint density at radius 3 is 2.82 bits per heavy atom. The highest BCUT2D eigenvalue weighted by molar-refractivity contribution is 5.84. The van der Waals surface area contributed by atoms with E-state index in [1.165, 1.54) is 18.4 Å². The van der Waals surface area contributed by atoms with Gasteiger partial charge < -0.3 is 5.32 Å². The lowest BCUT2D eigenvalue weighted by Gasteiger charge is -2.17. The SMILES string of the molecule is O=C(NC1CCCC1)C1NCc2ccccc21. The Morgan fingerprint density at radius 1 is 1.24 bits per heavy atom. The fourth-order valence-corrected chi connectivity index (χ4v) is 2.89. The topological polar surface area (TPSA) is 41.1 Å². The van der Waals surface area contributed by atoms with E-state index < -0.39 is 0 Å². The predicted molar refractivity (Wildman–Crippen MR) is 66.4 cm³/mol. The molecule has 17 heavy (non-hydrogen) atoms. The molecule has 0 spiro atoms. The molecule has 90 valence electrons. The van der Waals surface area contributed by atoms with E-state index in [0.29, 0.717) is 6.04 Å². The van der Waals surface area contributed by atoms with Gasteiger partial charge in [-0.2, -0.15) is 0 Å². The summed E-state index contributed by atoms with van der Waals surface area (Å²) in [5.41, 5.74) is 2.39. The van der Waals surface area contributed by atoms with E-state index in [1.54, 1.807) is 0 Å². The van der Waals surface area contributed by atoms with Crippen molar-refractivity contribution in [3.8, 4) is 0 Å². The summed E-state index contributed by atoms with van der Waals surface area (Å²) in [6.07, 6.45) is 4.78. The van der Waals surface area contributed by atoms with Crippen LogP contribution in [0.15, 0.2) is 24.3 Å². The van der Waals surface area contributed by atoms with Gasteiger partial charge in [0.05, 0.1) is 0 Å². The minimum absolute atomic E-state index is 0.141. The molecule has 0 bridgehead atoms. The van der Waals surface area contributed by atoms with Crippen LogP contribution in [0.1, 0.15) is 42.9 Å². The van der Waals surface area contributed by atoms with Crippen LogP contribution in [0.25, 0.3) is 0 Å². The fraction of sp³-hybridized carbons (Fsp3) is 0.500. The Labute approximate surface area is 102 Å². The van der Waals surface area contributed by atoms with Crippen molar-refractivity contribution in [1.29, 1.82) is 0 Å². The molecule has 1 fully saturated rings.